The van der Waals surface area contributed by atoms with Crippen molar-refractivity contribution in [1.29, 1.82) is 0 Å². The number of carbonyl (C=O) groups is 1. The highest BCUT2D eigenvalue weighted by Gasteiger charge is 2.30. The van der Waals surface area contributed by atoms with Gasteiger partial charge in [0.25, 0.3) is 11.4 Å². The van der Waals surface area contributed by atoms with Gasteiger partial charge in [-0.1, -0.05) is 6.08 Å². The summed E-state index contributed by atoms with van der Waals surface area (Å²) >= 11 is 0. The molecule has 0 atom stereocenters. The van der Waals surface area contributed by atoms with E-state index in [0.29, 0.717) is 0 Å². The van der Waals surface area contributed by atoms with Crippen molar-refractivity contribution >= 4 is 23.2 Å². The van der Waals surface area contributed by atoms with Gasteiger partial charge in [0.2, 0.25) is 5.69 Å². The molecule has 0 saturated carbocycles. The summed E-state index contributed by atoms with van der Waals surface area (Å²) in [5, 5.41) is 24.5. The van der Waals surface area contributed by atoms with Gasteiger partial charge in [0.1, 0.15) is 11.4 Å². The van der Waals surface area contributed by atoms with E-state index in [-0.39, 0.29) is 12.0 Å². The molecule has 136 valence electrons. The second-order valence-electron chi connectivity index (χ2n) is 6.06. The van der Waals surface area contributed by atoms with Crippen LogP contribution in [0.5, 0.6) is 0 Å². The Morgan fingerprint density at radius 3 is 2.08 bits per heavy atom. The highest BCUT2D eigenvalue weighted by Crippen LogP contribution is 2.36. The number of hydrogen-bond donors (Lipinski definition) is 1. The summed E-state index contributed by atoms with van der Waals surface area (Å²) in [7, 11) is 0. The molecule has 0 unspecified atom stereocenters. The third-order valence-corrected chi connectivity index (χ3v) is 2.86. The first-order valence-corrected chi connectivity index (χ1v) is 7.21. The summed E-state index contributed by atoms with van der Waals surface area (Å²) < 4.78 is 18.4. The zero-order valence-electron chi connectivity index (χ0n) is 14.2. The summed E-state index contributed by atoms with van der Waals surface area (Å²) in [5.74, 6) is -0.601. The second kappa shape index (κ2) is 7.69. The van der Waals surface area contributed by atoms with Crippen LogP contribution in [0.2, 0.25) is 0 Å². The molecular formula is C15H18FN3O6. The molecule has 1 amide bonds. The van der Waals surface area contributed by atoms with Crippen LogP contribution in [0.15, 0.2) is 24.0 Å². The van der Waals surface area contributed by atoms with E-state index < -0.39 is 44.4 Å². The van der Waals surface area contributed by atoms with Gasteiger partial charge in [0, 0.05) is 18.6 Å². The van der Waals surface area contributed by atoms with Crippen LogP contribution in [0.4, 0.5) is 26.2 Å². The molecule has 1 aromatic carbocycles. The van der Waals surface area contributed by atoms with Gasteiger partial charge in [-0.05, 0) is 33.3 Å². The van der Waals surface area contributed by atoms with Gasteiger partial charge in [-0.25, -0.2) is 9.18 Å². The number of nitro benzene ring substituents is 2. The lowest BCUT2D eigenvalue weighted by Crippen LogP contribution is -2.27. The smallest absolute Gasteiger partial charge is 0.412 e. The van der Waals surface area contributed by atoms with Crippen molar-refractivity contribution in [2.75, 3.05) is 5.32 Å². The van der Waals surface area contributed by atoms with Crippen LogP contribution in [0.25, 0.3) is 0 Å². The highest BCUT2D eigenvalue weighted by molar-refractivity contribution is 5.92. The van der Waals surface area contributed by atoms with Crippen molar-refractivity contribution in [3.05, 3.63) is 49.8 Å². The van der Waals surface area contributed by atoms with Crippen LogP contribution < -0.4 is 5.32 Å². The summed E-state index contributed by atoms with van der Waals surface area (Å²) in [5.41, 5.74) is -2.93. The number of carbonyl (C=O) groups excluding carboxylic acids is 1. The number of nitrogens with zero attached hydrogens (tertiary/aromatic N) is 2. The number of nitrogens with one attached hydrogen (secondary N) is 1. The van der Waals surface area contributed by atoms with Gasteiger partial charge in [-0.3, -0.25) is 25.5 Å². The van der Waals surface area contributed by atoms with Crippen LogP contribution in [0.3, 0.4) is 0 Å². The minimum Gasteiger partial charge on any atom is -0.444 e. The van der Waals surface area contributed by atoms with Crippen LogP contribution in [-0.2, 0) is 11.2 Å². The average molecular weight is 355 g/mol. The molecule has 0 fully saturated rings. The average Bonchev–Trinajstić information content (AvgIpc) is 2.45. The quantitative estimate of drug-likeness (QED) is 0.621. The number of ether oxygens (including phenoxy) is 1. The van der Waals surface area contributed by atoms with Crippen molar-refractivity contribution < 1.29 is 23.8 Å². The van der Waals surface area contributed by atoms with E-state index >= 15 is 0 Å². The standard InChI is InChI=1S/C15H18FN3O6/c1-5-10(16)6-9-7-11(18(21)22)13(12(8-9)19(23)24)17-14(20)25-15(2,3)4/h5,7-8H,6H2,1-4H3,(H,17,20)/b10-5-. The number of allylic oxidation sites excluding steroid dienone is 2. The normalized spacial score (nSPS) is 11.8. The van der Waals surface area contributed by atoms with Crippen LogP contribution in [0.1, 0.15) is 33.3 Å². The molecule has 0 aliphatic rings. The number of amides is 1. The first-order chi connectivity index (χ1) is 11.4. The van der Waals surface area contributed by atoms with Crippen LogP contribution in [0, 0.1) is 20.2 Å². The number of halogens is 1. The van der Waals surface area contributed by atoms with Crippen LogP contribution >= 0.6 is 0 Å². The topological polar surface area (TPSA) is 125 Å². The van der Waals surface area contributed by atoms with E-state index in [9.17, 15) is 29.4 Å². The van der Waals surface area contributed by atoms with Gasteiger partial charge in [0.05, 0.1) is 9.85 Å². The molecule has 0 heterocycles. The van der Waals surface area contributed by atoms with Crippen molar-refractivity contribution in [2.45, 2.75) is 39.7 Å². The minimum atomic E-state index is -1.08. The van der Waals surface area contributed by atoms with E-state index in [1.54, 1.807) is 20.8 Å². The zero-order chi connectivity index (χ0) is 19.4. The molecule has 0 bridgehead atoms. The number of nitro groups is 2. The SMILES string of the molecule is C/C=C(\F)Cc1cc([N+](=O)[O-])c(NC(=O)OC(C)(C)C)c([N+](=O)[O-])c1. The van der Waals surface area contributed by atoms with E-state index in [1.807, 2.05) is 5.32 Å². The molecule has 1 aromatic rings. The van der Waals surface area contributed by atoms with Gasteiger partial charge in [-0.2, -0.15) is 0 Å². The number of benzene rings is 1. The van der Waals surface area contributed by atoms with Crippen molar-refractivity contribution in [1.82, 2.24) is 0 Å². The van der Waals surface area contributed by atoms with E-state index in [2.05, 4.69) is 0 Å². The summed E-state index contributed by atoms with van der Waals surface area (Å²) in [6.45, 7) is 6.13. The maximum Gasteiger partial charge on any atom is 0.412 e. The lowest BCUT2D eigenvalue weighted by atomic mass is 10.1. The molecular weight excluding hydrogens is 337 g/mol. The zero-order valence-corrected chi connectivity index (χ0v) is 14.2. The van der Waals surface area contributed by atoms with Gasteiger partial charge in [0.15, 0.2) is 0 Å². The van der Waals surface area contributed by atoms with E-state index in [1.165, 1.54) is 6.92 Å². The monoisotopic (exact) mass is 355 g/mol. The van der Waals surface area contributed by atoms with Gasteiger partial charge >= 0.3 is 6.09 Å². The molecule has 0 saturated heterocycles. The predicted octanol–water partition coefficient (Wildman–Crippen LogP) is 4.27. The van der Waals surface area contributed by atoms with E-state index in [0.717, 1.165) is 18.2 Å². The minimum absolute atomic E-state index is 0.0312. The van der Waals surface area contributed by atoms with Crippen LogP contribution in [-0.4, -0.2) is 21.5 Å². The fourth-order valence-corrected chi connectivity index (χ4v) is 1.89. The maximum atomic E-state index is 13.4. The largest absolute Gasteiger partial charge is 0.444 e. The molecule has 0 spiro atoms. The lowest BCUT2D eigenvalue weighted by Gasteiger charge is -2.19. The van der Waals surface area contributed by atoms with Crippen molar-refractivity contribution in [3.8, 4) is 0 Å². The number of rotatable bonds is 5. The fourth-order valence-electron chi connectivity index (χ4n) is 1.89. The molecule has 0 aliphatic carbocycles. The predicted molar refractivity (Wildman–Crippen MR) is 88.2 cm³/mol. The number of hydrogen-bond acceptors (Lipinski definition) is 6. The first kappa shape index (κ1) is 20.0. The molecule has 25 heavy (non-hydrogen) atoms. The first-order valence-electron chi connectivity index (χ1n) is 7.21. The van der Waals surface area contributed by atoms with E-state index in [4.69, 9.17) is 4.74 Å². The Morgan fingerprint density at radius 1 is 1.24 bits per heavy atom. The second-order valence-corrected chi connectivity index (χ2v) is 6.06. The molecule has 0 aliphatic heterocycles. The summed E-state index contributed by atoms with van der Waals surface area (Å²) in [4.78, 5) is 32.6. The Labute approximate surface area is 142 Å². The third-order valence-electron chi connectivity index (χ3n) is 2.86. The lowest BCUT2D eigenvalue weighted by molar-refractivity contribution is -0.392. The third kappa shape index (κ3) is 5.83. The highest BCUT2D eigenvalue weighted by atomic mass is 19.1. The molecule has 1 rings (SSSR count). The summed E-state index contributed by atoms with van der Waals surface area (Å²) in [6, 6.07) is 1.95. The molecule has 1 N–H and O–H groups in total. The Bertz CT molecular complexity index is 704. The molecule has 0 radical (unpaired) electrons. The summed E-state index contributed by atoms with van der Waals surface area (Å²) in [6.07, 6.45) is -0.277. The molecule has 0 aromatic heterocycles. The maximum absolute atomic E-state index is 13.4. The Morgan fingerprint density at radius 2 is 1.72 bits per heavy atom. The molecule has 10 heteroatoms. The van der Waals surface area contributed by atoms with Gasteiger partial charge < -0.3 is 4.74 Å². The number of anilines is 1. The Hall–Kier alpha value is -3.04. The Kier molecular flexibility index (Phi) is 6.15. The Balaban J connectivity index is 3.41. The van der Waals surface area contributed by atoms with Gasteiger partial charge in [-0.15, -0.1) is 0 Å². The molecule has 9 nitrogen and oxygen atoms in total. The van der Waals surface area contributed by atoms with Crippen molar-refractivity contribution in [3.63, 3.8) is 0 Å². The van der Waals surface area contributed by atoms with Crippen molar-refractivity contribution in [2.24, 2.45) is 0 Å². The fraction of sp³-hybridized carbons (Fsp3) is 0.400.